The molecule has 0 aliphatic rings. The fraction of sp³-hybridized carbons (Fsp3) is 0.750. The molecule has 0 atom stereocenters. The van der Waals surface area contributed by atoms with Gasteiger partial charge in [0.25, 0.3) is 0 Å². The van der Waals surface area contributed by atoms with E-state index >= 15 is 0 Å². The molecule has 0 spiro atoms. The minimum atomic E-state index is -0.138. The van der Waals surface area contributed by atoms with Crippen molar-refractivity contribution in [1.82, 2.24) is 5.32 Å². The first-order valence-corrected chi connectivity index (χ1v) is 3.41. The Morgan fingerprint density at radius 2 is 2.22 bits per heavy atom. The number of hydrogen-bond donors (Lipinski definition) is 2. The molecule has 0 radical (unpaired) electrons. The third-order valence-electron chi connectivity index (χ3n) is 0.555. The third kappa shape index (κ3) is 8.40. The summed E-state index contributed by atoms with van der Waals surface area (Å²) in [7, 11) is 0. The Hall–Kier alpha value is 0.400. The summed E-state index contributed by atoms with van der Waals surface area (Å²) in [6.07, 6.45) is 0. The lowest BCUT2D eigenvalue weighted by atomic mass is 10.6. The second-order valence-electron chi connectivity index (χ2n) is 1.21. The molecule has 0 aliphatic carbocycles. The van der Waals surface area contributed by atoms with Crippen LogP contribution in [0.3, 0.4) is 0 Å². The second-order valence-corrected chi connectivity index (χ2v) is 1.92. The summed E-state index contributed by atoms with van der Waals surface area (Å²) in [5, 5.41) is 2.53. The third-order valence-corrected chi connectivity index (χ3v) is 1.02. The molecule has 0 saturated carbocycles. The molecule has 0 aromatic carbocycles. The van der Waals surface area contributed by atoms with Crippen molar-refractivity contribution >= 4 is 42.5 Å². The minimum absolute atomic E-state index is 0. The quantitative estimate of drug-likeness (QED) is 0.497. The molecule has 0 unspecified atom stereocenters. The first-order chi connectivity index (χ1) is 3.81. The number of alkyl halides is 1. The van der Waals surface area contributed by atoms with Crippen molar-refractivity contribution in [2.75, 3.05) is 18.2 Å². The van der Waals surface area contributed by atoms with Gasteiger partial charge in [0.05, 0.1) is 0 Å². The lowest BCUT2D eigenvalue weighted by Crippen LogP contribution is -2.26. The number of halogens is 2. The summed E-state index contributed by atoms with van der Waals surface area (Å²) < 4.78 is 0. The Labute approximate surface area is 71.2 Å². The zero-order valence-electron chi connectivity index (χ0n) is 4.76. The Balaban J connectivity index is 0. The lowest BCUT2D eigenvalue weighted by Gasteiger charge is -1.95. The van der Waals surface area contributed by atoms with Gasteiger partial charge in [0.1, 0.15) is 5.88 Å². The van der Waals surface area contributed by atoms with Crippen LogP contribution in [-0.4, -0.2) is 24.1 Å². The molecule has 2 nitrogen and oxygen atoms in total. The molecule has 56 valence electrons. The molecule has 5 heteroatoms. The van der Waals surface area contributed by atoms with Gasteiger partial charge < -0.3 is 5.32 Å². The van der Waals surface area contributed by atoms with E-state index in [-0.39, 0.29) is 24.2 Å². The highest BCUT2D eigenvalue weighted by atomic mass is 35.5. The van der Waals surface area contributed by atoms with Crippen molar-refractivity contribution in [3.05, 3.63) is 0 Å². The van der Waals surface area contributed by atoms with E-state index in [1.54, 1.807) is 0 Å². The van der Waals surface area contributed by atoms with E-state index in [9.17, 15) is 4.79 Å². The topological polar surface area (TPSA) is 29.1 Å². The molecule has 0 bridgehead atoms. The number of hydrogen-bond acceptors (Lipinski definition) is 2. The van der Waals surface area contributed by atoms with Crippen molar-refractivity contribution in [3.63, 3.8) is 0 Å². The van der Waals surface area contributed by atoms with Crippen LogP contribution >= 0.6 is 36.6 Å². The second kappa shape index (κ2) is 8.40. The van der Waals surface area contributed by atoms with Crippen molar-refractivity contribution in [3.8, 4) is 0 Å². The molecule has 1 N–H and O–H groups in total. The van der Waals surface area contributed by atoms with E-state index in [1.807, 2.05) is 0 Å². The fourth-order valence-corrected chi connectivity index (χ4v) is 0.449. The molecule has 0 aromatic heterocycles. The Morgan fingerprint density at radius 3 is 2.56 bits per heavy atom. The molecule has 0 rings (SSSR count). The molecule has 9 heavy (non-hydrogen) atoms. The van der Waals surface area contributed by atoms with Crippen LogP contribution in [0.15, 0.2) is 0 Å². The van der Waals surface area contributed by atoms with Gasteiger partial charge in [0, 0.05) is 12.3 Å². The van der Waals surface area contributed by atoms with Gasteiger partial charge in [-0.15, -0.1) is 24.0 Å². The molecular weight excluding hydrogens is 181 g/mol. The zero-order chi connectivity index (χ0) is 6.41. The smallest absolute Gasteiger partial charge is 0.234 e. The maximum atomic E-state index is 10.3. The number of carbonyl (C=O) groups excluding carboxylic acids is 1. The highest BCUT2D eigenvalue weighted by molar-refractivity contribution is 7.80. The number of thiol groups is 1. The number of carbonyl (C=O) groups is 1. The van der Waals surface area contributed by atoms with Gasteiger partial charge in [-0.2, -0.15) is 12.6 Å². The monoisotopic (exact) mass is 189 g/mol. The van der Waals surface area contributed by atoms with Crippen LogP contribution in [0, 0.1) is 0 Å². The fourth-order valence-electron chi connectivity index (χ4n) is 0.243. The molecule has 0 fully saturated rings. The van der Waals surface area contributed by atoms with Gasteiger partial charge in [-0.25, -0.2) is 0 Å². The Kier molecular flexibility index (Phi) is 11.3. The minimum Gasteiger partial charge on any atom is -0.354 e. The zero-order valence-corrected chi connectivity index (χ0v) is 7.23. The van der Waals surface area contributed by atoms with E-state index in [0.717, 1.165) is 0 Å². The number of rotatable bonds is 3. The summed E-state index contributed by atoms with van der Waals surface area (Å²) in [6.45, 7) is 0.592. The van der Waals surface area contributed by atoms with Gasteiger partial charge in [-0.1, -0.05) is 0 Å². The Morgan fingerprint density at radius 1 is 1.67 bits per heavy atom. The van der Waals surface area contributed by atoms with E-state index in [2.05, 4.69) is 17.9 Å². The molecule has 0 saturated heterocycles. The van der Waals surface area contributed by atoms with E-state index in [4.69, 9.17) is 11.6 Å². The predicted octanol–water partition coefficient (Wildman–Crippen LogP) is 0.693. The maximum absolute atomic E-state index is 10.3. The SMILES string of the molecule is Cl.O=C(CCl)NCCS. The van der Waals surface area contributed by atoms with Gasteiger partial charge in [-0.05, 0) is 0 Å². The van der Waals surface area contributed by atoms with Gasteiger partial charge in [-0.3, -0.25) is 4.79 Å². The normalized spacial score (nSPS) is 7.78. The summed E-state index contributed by atoms with van der Waals surface area (Å²) in [5.74, 6) is 0.553. The summed E-state index contributed by atoms with van der Waals surface area (Å²) in [6, 6.07) is 0. The first-order valence-electron chi connectivity index (χ1n) is 2.24. The highest BCUT2D eigenvalue weighted by Crippen LogP contribution is 1.74. The summed E-state index contributed by atoms with van der Waals surface area (Å²) in [5.41, 5.74) is 0. The van der Waals surface area contributed by atoms with E-state index in [0.29, 0.717) is 12.3 Å². The van der Waals surface area contributed by atoms with Crippen LogP contribution in [0.4, 0.5) is 0 Å². The van der Waals surface area contributed by atoms with Gasteiger partial charge >= 0.3 is 0 Å². The summed E-state index contributed by atoms with van der Waals surface area (Å²) in [4.78, 5) is 10.3. The van der Waals surface area contributed by atoms with Crippen LogP contribution in [0.1, 0.15) is 0 Å². The van der Waals surface area contributed by atoms with Crippen LogP contribution in [0.5, 0.6) is 0 Å². The standard InChI is InChI=1S/C4H8ClNOS.ClH/c5-3-4(7)6-1-2-8;/h8H,1-3H2,(H,6,7);1H. The summed E-state index contributed by atoms with van der Waals surface area (Å²) >= 11 is 9.03. The van der Waals surface area contributed by atoms with Crippen LogP contribution in [0.25, 0.3) is 0 Å². The van der Waals surface area contributed by atoms with Crippen LogP contribution < -0.4 is 5.32 Å². The molecule has 1 amide bonds. The van der Waals surface area contributed by atoms with Crippen LogP contribution in [0.2, 0.25) is 0 Å². The first kappa shape index (κ1) is 12.1. The average Bonchev–Trinajstić information content (AvgIpc) is 1.83. The molecular formula is C4H9Cl2NOS. The van der Waals surface area contributed by atoms with Gasteiger partial charge in [0.2, 0.25) is 5.91 Å². The highest BCUT2D eigenvalue weighted by Gasteiger charge is 1.92. The number of nitrogens with one attached hydrogen (secondary N) is 1. The maximum Gasteiger partial charge on any atom is 0.234 e. The van der Waals surface area contributed by atoms with Crippen molar-refractivity contribution < 1.29 is 4.79 Å². The number of amides is 1. The largest absolute Gasteiger partial charge is 0.354 e. The van der Waals surface area contributed by atoms with Crippen molar-refractivity contribution in [1.29, 1.82) is 0 Å². The van der Waals surface area contributed by atoms with E-state index < -0.39 is 0 Å². The predicted molar refractivity (Wildman–Crippen MR) is 44.8 cm³/mol. The molecule has 0 aromatic rings. The molecule has 0 heterocycles. The molecule has 0 aliphatic heterocycles. The average molecular weight is 190 g/mol. The van der Waals surface area contributed by atoms with Crippen molar-refractivity contribution in [2.45, 2.75) is 0 Å². The Bertz CT molecular complexity index is 81.0. The van der Waals surface area contributed by atoms with Gasteiger partial charge in [0.15, 0.2) is 0 Å². The lowest BCUT2D eigenvalue weighted by molar-refractivity contribution is -0.118. The van der Waals surface area contributed by atoms with Crippen molar-refractivity contribution in [2.24, 2.45) is 0 Å². The van der Waals surface area contributed by atoms with Crippen LogP contribution in [-0.2, 0) is 4.79 Å². The van der Waals surface area contributed by atoms with E-state index in [1.165, 1.54) is 0 Å².